The minimum atomic E-state index is -3.31. The lowest BCUT2D eigenvalue weighted by atomic mass is 10.1. The molecule has 0 fully saturated rings. The molecule has 1 amide bonds. The Morgan fingerprint density at radius 3 is 2.17 bits per heavy atom. The third kappa shape index (κ3) is 5.26. The quantitative estimate of drug-likeness (QED) is 0.899. The molecule has 0 saturated heterocycles. The van der Waals surface area contributed by atoms with Gasteiger partial charge in [0.05, 0.1) is 12.7 Å². The molecule has 0 bridgehead atoms. The van der Waals surface area contributed by atoms with Gasteiger partial charge in [0.1, 0.15) is 0 Å². The highest BCUT2D eigenvalue weighted by Gasteiger charge is 2.12. The Bertz CT molecular complexity index is 787. The molecule has 0 aliphatic carbocycles. The fourth-order valence-corrected chi connectivity index (χ4v) is 2.70. The van der Waals surface area contributed by atoms with Crippen LogP contribution in [-0.2, 0) is 21.2 Å². The van der Waals surface area contributed by atoms with Crippen molar-refractivity contribution < 1.29 is 13.2 Å². The van der Waals surface area contributed by atoms with E-state index in [0.29, 0.717) is 16.4 Å². The summed E-state index contributed by atoms with van der Waals surface area (Å²) in [4.78, 5) is 13.8. The van der Waals surface area contributed by atoms with Crippen LogP contribution in [-0.4, -0.2) is 27.6 Å². The van der Waals surface area contributed by atoms with Crippen molar-refractivity contribution in [1.82, 2.24) is 0 Å². The first-order valence-corrected chi connectivity index (χ1v) is 9.10. The molecule has 0 aliphatic heterocycles. The van der Waals surface area contributed by atoms with Crippen LogP contribution in [0.15, 0.2) is 48.5 Å². The molecule has 7 heteroatoms. The van der Waals surface area contributed by atoms with Crippen molar-refractivity contribution in [3.8, 4) is 0 Å². The molecule has 0 aromatic heterocycles. The van der Waals surface area contributed by atoms with E-state index >= 15 is 0 Å². The summed E-state index contributed by atoms with van der Waals surface area (Å²) in [6.45, 7) is 0. The average molecular weight is 353 g/mol. The number of amides is 1. The lowest BCUT2D eigenvalue weighted by Crippen LogP contribution is -2.27. The first-order chi connectivity index (χ1) is 10.7. The number of carbonyl (C=O) groups is 1. The highest BCUT2D eigenvalue weighted by Crippen LogP contribution is 2.19. The third-order valence-corrected chi connectivity index (χ3v) is 4.06. The average Bonchev–Trinajstić information content (AvgIpc) is 2.48. The molecule has 23 heavy (non-hydrogen) atoms. The van der Waals surface area contributed by atoms with E-state index in [4.69, 9.17) is 11.6 Å². The lowest BCUT2D eigenvalue weighted by molar-refractivity contribution is -0.117. The Kier molecular flexibility index (Phi) is 5.28. The number of anilines is 2. The second-order valence-electron chi connectivity index (χ2n) is 5.18. The molecule has 2 aromatic rings. The van der Waals surface area contributed by atoms with Crippen molar-refractivity contribution in [2.45, 2.75) is 6.42 Å². The molecular formula is C16H17ClN2O3S. The Morgan fingerprint density at radius 1 is 1.09 bits per heavy atom. The van der Waals surface area contributed by atoms with Gasteiger partial charge < -0.3 is 4.90 Å². The minimum absolute atomic E-state index is 0.0730. The van der Waals surface area contributed by atoms with Gasteiger partial charge in [0.15, 0.2) is 0 Å². The van der Waals surface area contributed by atoms with Gasteiger partial charge in [0, 0.05) is 23.4 Å². The number of halogens is 1. The summed E-state index contributed by atoms with van der Waals surface area (Å²) < 4.78 is 24.7. The molecule has 122 valence electrons. The van der Waals surface area contributed by atoms with Crippen LogP contribution in [0.1, 0.15) is 5.56 Å². The Hall–Kier alpha value is -2.05. The Balaban J connectivity index is 2.05. The molecule has 0 aliphatic rings. The van der Waals surface area contributed by atoms with Gasteiger partial charge in [0.2, 0.25) is 15.9 Å². The van der Waals surface area contributed by atoms with E-state index in [0.717, 1.165) is 11.8 Å². The maximum atomic E-state index is 12.3. The zero-order chi connectivity index (χ0) is 17.0. The first-order valence-electron chi connectivity index (χ1n) is 6.83. The summed E-state index contributed by atoms with van der Waals surface area (Å²) in [7, 11) is -1.63. The van der Waals surface area contributed by atoms with E-state index in [1.54, 1.807) is 43.4 Å². The maximum absolute atomic E-state index is 12.3. The van der Waals surface area contributed by atoms with Crippen LogP contribution in [0.4, 0.5) is 11.4 Å². The highest BCUT2D eigenvalue weighted by atomic mass is 35.5. The molecule has 5 nitrogen and oxygen atoms in total. The highest BCUT2D eigenvalue weighted by molar-refractivity contribution is 7.92. The number of nitrogens with one attached hydrogen (secondary N) is 1. The Morgan fingerprint density at radius 2 is 1.65 bits per heavy atom. The van der Waals surface area contributed by atoms with E-state index in [1.165, 1.54) is 4.90 Å². The summed E-state index contributed by atoms with van der Waals surface area (Å²) in [6, 6.07) is 13.7. The molecule has 2 aromatic carbocycles. The summed E-state index contributed by atoms with van der Waals surface area (Å²) >= 11 is 5.82. The number of benzene rings is 2. The largest absolute Gasteiger partial charge is 0.315 e. The van der Waals surface area contributed by atoms with Gasteiger partial charge in [-0.3, -0.25) is 9.52 Å². The number of rotatable bonds is 5. The van der Waals surface area contributed by atoms with E-state index in [2.05, 4.69) is 4.72 Å². The fourth-order valence-electron chi connectivity index (χ4n) is 2.01. The predicted molar refractivity (Wildman–Crippen MR) is 93.5 cm³/mol. The number of sulfonamides is 1. The van der Waals surface area contributed by atoms with Gasteiger partial charge in [-0.2, -0.15) is 0 Å². The summed E-state index contributed by atoms with van der Waals surface area (Å²) in [5.74, 6) is -0.0730. The molecule has 0 spiro atoms. The zero-order valence-electron chi connectivity index (χ0n) is 12.8. The molecular weight excluding hydrogens is 336 g/mol. The van der Waals surface area contributed by atoms with Crippen molar-refractivity contribution in [3.63, 3.8) is 0 Å². The number of carbonyl (C=O) groups excluding carboxylic acids is 1. The van der Waals surface area contributed by atoms with E-state index in [9.17, 15) is 13.2 Å². The lowest BCUT2D eigenvalue weighted by Gasteiger charge is -2.18. The molecule has 0 saturated carbocycles. The van der Waals surface area contributed by atoms with Gasteiger partial charge in [-0.1, -0.05) is 23.7 Å². The number of hydrogen-bond acceptors (Lipinski definition) is 3. The van der Waals surface area contributed by atoms with Gasteiger partial charge in [0.25, 0.3) is 0 Å². The maximum Gasteiger partial charge on any atom is 0.231 e. The second kappa shape index (κ2) is 7.02. The topological polar surface area (TPSA) is 66.5 Å². The van der Waals surface area contributed by atoms with Crippen LogP contribution in [0.3, 0.4) is 0 Å². The van der Waals surface area contributed by atoms with Crippen molar-refractivity contribution in [3.05, 3.63) is 59.1 Å². The van der Waals surface area contributed by atoms with Crippen LogP contribution in [0.2, 0.25) is 5.02 Å². The molecule has 0 unspecified atom stereocenters. The first kappa shape index (κ1) is 17.3. The molecule has 2 rings (SSSR count). The standard InChI is InChI=1S/C16H17ClN2O3S/c1-19(16(20)11-12-3-5-13(17)6-4-12)15-9-7-14(8-10-15)18-23(2,21)22/h3-10,18H,11H2,1-2H3. The third-order valence-electron chi connectivity index (χ3n) is 3.20. The van der Waals surface area contributed by atoms with Crippen molar-refractivity contribution in [2.24, 2.45) is 0 Å². The molecule has 0 radical (unpaired) electrons. The minimum Gasteiger partial charge on any atom is -0.315 e. The van der Waals surface area contributed by atoms with E-state index in [1.807, 2.05) is 12.1 Å². The normalized spacial score (nSPS) is 11.1. The van der Waals surface area contributed by atoms with E-state index in [-0.39, 0.29) is 12.3 Å². The summed E-state index contributed by atoms with van der Waals surface area (Å²) in [5.41, 5.74) is 2.01. The molecule has 1 N–H and O–H groups in total. The number of hydrogen-bond donors (Lipinski definition) is 1. The molecule has 0 atom stereocenters. The van der Waals surface area contributed by atoms with Crippen molar-refractivity contribution in [2.75, 3.05) is 22.9 Å². The SMILES string of the molecule is CN(C(=O)Cc1ccc(Cl)cc1)c1ccc(NS(C)(=O)=O)cc1. The van der Waals surface area contributed by atoms with Crippen LogP contribution >= 0.6 is 11.6 Å². The van der Waals surface area contributed by atoms with Gasteiger partial charge in [-0.05, 0) is 42.0 Å². The second-order valence-corrected chi connectivity index (χ2v) is 7.36. The van der Waals surface area contributed by atoms with Gasteiger partial charge >= 0.3 is 0 Å². The number of likely N-dealkylation sites (N-methyl/N-ethyl adjacent to an activating group) is 1. The van der Waals surface area contributed by atoms with Crippen molar-refractivity contribution in [1.29, 1.82) is 0 Å². The molecule has 0 heterocycles. The predicted octanol–water partition coefficient (Wildman–Crippen LogP) is 2.92. The van der Waals surface area contributed by atoms with Gasteiger partial charge in [-0.25, -0.2) is 8.42 Å². The van der Waals surface area contributed by atoms with Gasteiger partial charge in [-0.15, -0.1) is 0 Å². The fraction of sp³-hybridized carbons (Fsp3) is 0.188. The van der Waals surface area contributed by atoms with Crippen LogP contribution in [0, 0.1) is 0 Å². The van der Waals surface area contributed by atoms with Crippen molar-refractivity contribution >= 4 is 38.9 Å². The smallest absolute Gasteiger partial charge is 0.231 e. The monoisotopic (exact) mass is 352 g/mol. The van der Waals surface area contributed by atoms with Crippen LogP contribution < -0.4 is 9.62 Å². The van der Waals surface area contributed by atoms with Crippen LogP contribution in [0.5, 0.6) is 0 Å². The number of nitrogens with zero attached hydrogens (tertiary/aromatic N) is 1. The van der Waals surface area contributed by atoms with E-state index < -0.39 is 10.0 Å². The van der Waals surface area contributed by atoms with Crippen LogP contribution in [0.25, 0.3) is 0 Å². The summed E-state index contributed by atoms with van der Waals surface area (Å²) in [6.07, 6.45) is 1.35. The zero-order valence-corrected chi connectivity index (χ0v) is 14.4. The summed E-state index contributed by atoms with van der Waals surface area (Å²) in [5, 5.41) is 0.628. The Labute approximate surface area is 140 Å².